The molecule has 5 saturated carbocycles. The van der Waals surface area contributed by atoms with Gasteiger partial charge in [0.15, 0.2) is 11.5 Å². The normalized spacial score (nSPS) is 39.7. The Bertz CT molecular complexity index is 1860. The summed E-state index contributed by atoms with van der Waals surface area (Å²) in [6, 6.07) is 3.20. The van der Waals surface area contributed by atoms with E-state index in [9.17, 15) is 29.1 Å². The molecular formula is C46H66N2O8. The molecule has 0 aromatic carbocycles. The fourth-order valence-corrected chi connectivity index (χ4v) is 14.1. The highest BCUT2D eigenvalue weighted by Crippen LogP contribution is 2.76. The van der Waals surface area contributed by atoms with Crippen molar-refractivity contribution in [3.05, 3.63) is 35.3 Å². The van der Waals surface area contributed by atoms with Crippen LogP contribution in [0.25, 0.3) is 0 Å². The van der Waals surface area contributed by atoms with Crippen LogP contribution in [0, 0.1) is 62.6 Å². The average molecular weight is 775 g/mol. The number of rotatable bonds is 8. The first-order valence-electron chi connectivity index (χ1n) is 21.3. The van der Waals surface area contributed by atoms with Gasteiger partial charge in [0.05, 0.1) is 23.6 Å². The molecule has 1 aromatic rings. The van der Waals surface area contributed by atoms with Crippen LogP contribution >= 0.6 is 0 Å². The summed E-state index contributed by atoms with van der Waals surface area (Å²) in [6.45, 7) is 23.4. The highest BCUT2D eigenvalue weighted by atomic mass is 16.5. The Hall–Kier alpha value is -3.43. The molecule has 2 amide bonds. The molecule has 56 heavy (non-hydrogen) atoms. The number of aliphatic carboxylic acids is 1. The molecule has 0 bridgehead atoms. The summed E-state index contributed by atoms with van der Waals surface area (Å²) in [5, 5.41) is 15.9. The Balaban J connectivity index is 1.14. The maximum atomic E-state index is 14.2. The molecule has 1 heterocycles. The number of hydrogen-bond donors (Lipinski definition) is 3. The van der Waals surface area contributed by atoms with Crippen molar-refractivity contribution in [2.45, 2.75) is 158 Å². The molecule has 1 unspecified atom stereocenters. The van der Waals surface area contributed by atoms with Crippen molar-refractivity contribution in [3.8, 4) is 0 Å². The van der Waals surface area contributed by atoms with Gasteiger partial charge in [0.1, 0.15) is 11.6 Å². The first-order chi connectivity index (χ1) is 25.9. The number of hydrogen-bond acceptors (Lipinski definition) is 7. The summed E-state index contributed by atoms with van der Waals surface area (Å²) < 4.78 is 11.7. The predicted molar refractivity (Wildman–Crippen MR) is 211 cm³/mol. The van der Waals surface area contributed by atoms with Gasteiger partial charge in [0.25, 0.3) is 5.91 Å². The van der Waals surface area contributed by atoms with Crippen molar-refractivity contribution in [2.75, 3.05) is 0 Å². The molecule has 308 valence electrons. The van der Waals surface area contributed by atoms with Crippen LogP contribution in [0.2, 0.25) is 0 Å². The van der Waals surface area contributed by atoms with E-state index in [0.29, 0.717) is 24.7 Å². The van der Waals surface area contributed by atoms with Crippen LogP contribution in [-0.2, 0) is 23.9 Å². The standard InChI is InChI=1S/C46H66N2O8/c1-25(2)34-29(49)24-46(48-39(54)42(7,8)47-36(50)30-13-12-22-55-30)21-20-44(10)26(35(34)46)14-15-32-43(9)18-17-33(41(5,6)31(43)16-19-45(32,44)11)56-38(53)28-23-27(37(51)52)40(28,3)4/h12-13,22,25-28,31-33H,14-21,23-24H2,1-11H3,(H,47,50)(H,48,54)(H,51,52)/t26-,27+,28?,31+,32-,33+,43+,44-,45-,46-/m1/s1. The number of esters is 1. The Morgan fingerprint density at radius 1 is 0.875 bits per heavy atom. The topological polar surface area (TPSA) is 152 Å². The van der Waals surface area contributed by atoms with E-state index >= 15 is 0 Å². The maximum absolute atomic E-state index is 14.2. The summed E-state index contributed by atoms with van der Waals surface area (Å²) in [5.74, 6) is -1.61. The quantitative estimate of drug-likeness (QED) is 0.223. The molecule has 6 aliphatic rings. The lowest BCUT2D eigenvalue weighted by atomic mass is 9.33. The number of furan rings is 1. The van der Waals surface area contributed by atoms with Crippen LogP contribution in [0.4, 0.5) is 0 Å². The summed E-state index contributed by atoms with van der Waals surface area (Å²) >= 11 is 0. The van der Waals surface area contributed by atoms with Gasteiger partial charge in [-0.3, -0.25) is 24.0 Å². The van der Waals surface area contributed by atoms with Gasteiger partial charge in [-0.15, -0.1) is 0 Å². The van der Waals surface area contributed by atoms with Crippen molar-refractivity contribution >= 4 is 29.5 Å². The molecule has 0 radical (unpaired) electrons. The lowest BCUT2D eigenvalue weighted by Gasteiger charge is -2.72. The number of Topliss-reactive ketones (excluding diaryl/α,β-unsaturated/α-hetero) is 1. The smallest absolute Gasteiger partial charge is 0.309 e. The monoisotopic (exact) mass is 774 g/mol. The summed E-state index contributed by atoms with van der Waals surface area (Å²) in [5.41, 5.74) is -0.999. The molecule has 0 spiro atoms. The van der Waals surface area contributed by atoms with Crippen LogP contribution in [0.15, 0.2) is 34.0 Å². The van der Waals surface area contributed by atoms with Gasteiger partial charge in [0, 0.05) is 11.8 Å². The van der Waals surface area contributed by atoms with E-state index in [1.807, 2.05) is 13.8 Å². The minimum absolute atomic E-state index is 0.0170. The second kappa shape index (κ2) is 13.0. The van der Waals surface area contributed by atoms with Gasteiger partial charge in [-0.1, -0.05) is 62.3 Å². The molecule has 1 aromatic heterocycles. The van der Waals surface area contributed by atoms with E-state index in [-0.39, 0.29) is 69.4 Å². The third-order valence-electron chi connectivity index (χ3n) is 17.6. The van der Waals surface area contributed by atoms with E-state index in [1.165, 1.54) is 6.26 Å². The number of ketones is 1. The number of nitrogens with one attached hydrogen (secondary N) is 2. The zero-order chi connectivity index (χ0) is 41.2. The molecule has 0 aliphatic heterocycles. The fourth-order valence-electron chi connectivity index (χ4n) is 14.1. The van der Waals surface area contributed by atoms with Gasteiger partial charge < -0.3 is 24.9 Å². The number of carboxylic acid groups (broad SMARTS) is 1. The molecule has 5 fully saturated rings. The lowest BCUT2D eigenvalue weighted by Crippen LogP contribution is -2.68. The lowest BCUT2D eigenvalue weighted by molar-refractivity contribution is -0.235. The Morgan fingerprint density at radius 3 is 2.18 bits per heavy atom. The first-order valence-corrected chi connectivity index (χ1v) is 21.3. The van der Waals surface area contributed by atoms with Crippen LogP contribution in [0.3, 0.4) is 0 Å². The molecule has 0 saturated heterocycles. The molecule has 10 nitrogen and oxygen atoms in total. The van der Waals surface area contributed by atoms with E-state index in [0.717, 1.165) is 56.1 Å². The van der Waals surface area contributed by atoms with Crippen molar-refractivity contribution in [1.29, 1.82) is 0 Å². The number of fused-ring (bicyclic) bond motifs is 7. The first kappa shape index (κ1) is 40.8. The van der Waals surface area contributed by atoms with E-state index in [4.69, 9.17) is 9.15 Å². The van der Waals surface area contributed by atoms with Gasteiger partial charge in [-0.05, 0) is 140 Å². The minimum Gasteiger partial charge on any atom is -0.481 e. The van der Waals surface area contributed by atoms with Crippen molar-refractivity contribution in [2.24, 2.45) is 62.6 Å². The van der Waals surface area contributed by atoms with Crippen LogP contribution in [-0.4, -0.2) is 51.8 Å². The van der Waals surface area contributed by atoms with Crippen molar-refractivity contribution in [1.82, 2.24) is 10.6 Å². The van der Waals surface area contributed by atoms with Gasteiger partial charge in [0.2, 0.25) is 5.91 Å². The molecular weight excluding hydrogens is 709 g/mol. The van der Waals surface area contributed by atoms with Gasteiger partial charge in [-0.25, -0.2) is 0 Å². The summed E-state index contributed by atoms with van der Waals surface area (Å²) in [6.07, 6.45) is 9.09. The molecule has 10 heteroatoms. The third-order valence-corrected chi connectivity index (χ3v) is 17.6. The zero-order valence-corrected chi connectivity index (χ0v) is 35.6. The number of carboxylic acids is 1. The number of allylic oxidation sites excluding steroid dienone is 1. The Labute approximate surface area is 333 Å². The summed E-state index contributed by atoms with van der Waals surface area (Å²) in [4.78, 5) is 66.7. The Kier molecular flexibility index (Phi) is 9.49. The minimum atomic E-state index is -1.25. The largest absolute Gasteiger partial charge is 0.481 e. The Morgan fingerprint density at radius 2 is 1.57 bits per heavy atom. The van der Waals surface area contributed by atoms with Gasteiger partial charge >= 0.3 is 11.9 Å². The highest BCUT2D eigenvalue weighted by Gasteiger charge is 2.71. The molecule has 7 rings (SSSR count). The third kappa shape index (κ3) is 5.71. The van der Waals surface area contributed by atoms with Gasteiger partial charge in [-0.2, -0.15) is 0 Å². The molecule has 3 N–H and O–H groups in total. The second-order valence-electron chi connectivity index (χ2n) is 21.6. The van der Waals surface area contributed by atoms with Crippen LogP contribution in [0.5, 0.6) is 0 Å². The number of ether oxygens (including phenoxy) is 1. The van der Waals surface area contributed by atoms with E-state index < -0.39 is 40.2 Å². The fraction of sp³-hybridized carbons (Fsp3) is 0.761. The van der Waals surface area contributed by atoms with Crippen molar-refractivity contribution in [3.63, 3.8) is 0 Å². The summed E-state index contributed by atoms with van der Waals surface area (Å²) in [7, 11) is 0. The molecule has 6 aliphatic carbocycles. The number of carbonyl (C=O) groups excluding carboxylic acids is 4. The van der Waals surface area contributed by atoms with Crippen molar-refractivity contribution < 1.29 is 38.2 Å². The number of amides is 2. The van der Waals surface area contributed by atoms with Crippen LogP contribution < -0.4 is 10.6 Å². The predicted octanol–water partition coefficient (Wildman–Crippen LogP) is 8.30. The van der Waals surface area contributed by atoms with Crippen LogP contribution in [0.1, 0.15) is 151 Å². The highest BCUT2D eigenvalue weighted by molar-refractivity contribution is 6.03. The molecule has 10 atom stereocenters. The average Bonchev–Trinajstić information content (AvgIpc) is 3.72. The zero-order valence-electron chi connectivity index (χ0n) is 35.6. The SMILES string of the molecule is CC(C)C1=C2[C@H]3CC[C@@H]4[C@@]5(C)CC[C@H](OC(=O)C6C[C@@H](C(=O)O)C6(C)C)C(C)(C)[C@@H]5CC[C@@]4(C)[C@]3(C)CC[C@@]2(NC(=O)C(C)(C)NC(=O)c2ccco2)CC1=O. The number of carbonyl (C=O) groups is 5. The van der Waals surface area contributed by atoms with E-state index in [2.05, 4.69) is 59.1 Å². The second-order valence-corrected chi connectivity index (χ2v) is 21.6. The van der Waals surface area contributed by atoms with E-state index in [1.54, 1.807) is 26.0 Å². The maximum Gasteiger partial charge on any atom is 0.309 e.